The second-order valence-electron chi connectivity index (χ2n) is 7.01. The summed E-state index contributed by atoms with van der Waals surface area (Å²) >= 11 is 0. The number of aromatic nitrogens is 1. The van der Waals surface area contributed by atoms with Crippen molar-refractivity contribution in [1.29, 1.82) is 0 Å². The first-order chi connectivity index (χ1) is 13.6. The average Bonchev–Trinajstić information content (AvgIpc) is 3.21. The van der Waals surface area contributed by atoms with Crippen molar-refractivity contribution in [3.8, 4) is 0 Å². The molecule has 1 spiro atoms. The van der Waals surface area contributed by atoms with E-state index < -0.39 is 5.79 Å². The molecular formula is C21H23N3O4. The van der Waals surface area contributed by atoms with Crippen LogP contribution >= 0.6 is 0 Å². The zero-order valence-electron chi connectivity index (χ0n) is 15.8. The molecule has 0 atom stereocenters. The Morgan fingerprint density at radius 3 is 2.29 bits per heavy atom. The standard InChI is InChI=1S/C21H23N3O4/c1-23(16-6-3-2-4-7-16)19(25)17-8-5-9-18(22-17)20(26)24-12-10-21(11-13-24)27-14-15-28-21/h2-9H,10-15H2,1H3. The predicted molar refractivity (Wildman–Crippen MR) is 103 cm³/mol. The third kappa shape index (κ3) is 3.63. The molecule has 7 nitrogen and oxygen atoms in total. The highest BCUT2D eigenvalue weighted by Crippen LogP contribution is 2.31. The van der Waals surface area contributed by atoms with E-state index in [-0.39, 0.29) is 23.2 Å². The molecule has 2 aliphatic heterocycles. The van der Waals surface area contributed by atoms with Gasteiger partial charge >= 0.3 is 0 Å². The molecule has 28 heavy (non-hydrogen) atoms. The molecule has 2 saturated heterocycles. The summed E-state index contributed by atoms with van der Waals surface area (Å²) in [4.78, 5) is 33.3. The summed E-state index contributed by atoms with van der Waals surface area (Å²) in [5.41, 5.74) is 1.29. The quantitative estimate of drug-likeness (QED) is 0.816. The fourth-order valence-corrected chi connectivity index (χ4v) is 3.61. The number of nitrogens with zero attached hydrogens (tertiary/aromatic N) is 3. The molecule has 1 aromatic carbocycles. The van der Waals surface area contributed by atoms with Gasteiger partial charge in [-0.25, -0.2) is 4.98 Å². The first-order valence-corrected chi connectivity index (χ1v) is 9.45. The van der Waals surface area contributed by atoms with E-state index in [1.165, 1.54) is 4.90 Å². The summed E-state index contributed by atoms with van der Waals surface area (Å²) in [6, 6.07) is 14.3. The van der Waals surface area contributed by atoms with Crippen molar-refractivity contribution in [3.05, 3.63) is 59.9 Å². The van der Waals surface area contributed by atoms with Crippen molar-refractivity contribution < 1.29 is 19.1 Å². The Kier molecular flexibility index (Phi) is 5.11. The lowest BCUT2D eigenvalue weighted by molar-refractivity contribution is -0.181. The topological polar surface area (TPSA) is 72.0 Å². The summed E-state index contributed by atoms with van der Waals surface area (Å²) < 4.78 is 11.4. The van der Waals surface area contributed by atoms with Gasteiger partial charge in [-0.3, -0.25) is 9.59 Å². The molecule has 0 unspecified atom stereocenters. The zero-order chi connectivity index (χ0) is 19.6. The SMILES string of the molecule is CN(C(=O)c1cccc(C(=O)N2CCC3(CC2)OCCO3)n1)c1ccccc1. The Labute approximate surface area is 163 Å². The Morgan fingerprint density at radius 2 is 1.61 bits per heavy atom. The number of ether oxygens (including phenoxy) is 2. The number of benzene rings is 1. The van der Waals surface area contributed by atoms with Crippen LogP contribution in [0.15, 0.2) is 48.5 Å². The van der Waals surface area contributed by atoms with Gasteiger partial charge in [-0.1, -0.05) is 24.3 Å². The maximum Gasteiger partial charge on any atom is 0.276 e. The largest absolute Gasteiger partial charge is 0.347 e. The van der Waals surface area contributed by atoms with Crippen molar-refractivity contribution in [2.24, 2.45) is 0 Å². The fraction of sp³-hybridized carbons (Fsp3) is 0.381. The van der Waals surface area contributed by atoms with E-state index in [2.05, 4.69) is 4.98 Å². The van der Waals surface area contributed by atoms with Gasteiger partial charge in [-0.05, 0) is 24.3 Å². The van der Waals surface area contributed by atoms with Crippen molar-refractivity contribution in [2.45, 2.75) is 18.6 Å². The Hall–Kier alpha value is -2.77. The lowest BCUT2D eigenvalue weighted by Gasteiger charge is -2.37. The number of carbonyl (C=O) groups excluding carboxylic acids is 2. The second-order valence-corrected chi connectivity index (χ2v) is 7.01. The van der Waals surface area contributed by atoms with Crippen molar-refractivity contribution in [2.75, 3.05) is 38.3 Å². The Bertz CT molecular complexity index is 855. The van der Waals surface area contributed by atoms with Crippen LogP contribution < -0.4 is 4.90 Å². The number of rotatable bonds is 3. The predicted octanol–water partition coefficient (Wildman–Crippen LogP) is 2.34. The normalized spacial score (nSPS) is 18.2. The molecule has 2 aliphatic rings. The molecule has 0 bridgehead atoms. The van der Waals surface area contributed by atoms with E-state index in [4.69, 9.17) is 9.47 Å². The van der Waals surface area contributed by atoms with Crippen molar-refractivity contribution in [3.63, 3.8) is 0 Å². The first-order valence-electron chi connectivity index (χ1n) is 9.45. The van der Waals surface area contributed by atoms with Crippen LogP contribution in [0.3, 0.4) is 0 Å². The number of para-hydroxylation sites is 1. The molecule has 3 heterocycles. The molecule has 1 aromatic heterocycles. The lowest BCUT2D eigenvalue weighted by Crippen LogP contribution is -2.47. The number of amides is 2. The van der Waals surface area contributed by atoms with Crippen LogP contribution in [0, 0.1) is 0 Å². The minimum Gasteiger partial charge on any atom is -0.347 e. The minimum atomic E-state index is -0.527. The second kappa shape index (κ2) is 7.69. The first kappa shape index (κ1) is 18.6. The van der Waals surface area contributed by atoms with Crippen LogP contribution in [0.1, 0.15) is 33.8 Å². The summed E-state index contributed by atoms with van der Waals surface area (Å²) in [6.07, 6.45) is 1.29. The van der Waals surface area contributed by atoms with E-state index in [0.717, 1.165) is 5.69 Å². The van der Waals surface area contributed by atoms with Gasteiger partial charge in [-0.15, -0.1) is 0 Å². The fourth-order valence-electron chi connectivity index (χ4n) is 3.61. The lowest BCUT2D eigenvalue weighted by atomic mass is 10.0. The summed E-state index contributed by atoms with van der Waals surface area (Å²) in [6.45, 7) is 2.30. The van der Waals surface area contributed by atoms with Crippen molar-refractivity contribution >= 4 is 17.5 Å². The Morgan fingerprint density at radius 1 is 0.964 bits per heavy atom. The van der Waals surface area contributed by atoms with Crippen LogP contribution in [-0.2, 0) is 9.47 Å². The van der Waals surface area contributed by atoms with Gasteiger partial charge in [-0.2, -0.15) is 0 Å². The van der Waals surface area contributed by atoms with Crippen LogP contribution in [0.5, 0.6) is 0 Å². The average molecular weight is 381 g/mol. The van der Waals surface area contributed by atoms with Crippen LogP contribution in [0.4, 0.5) is 5.69 Å². The number of pyridine rings is 1. The highest BCUT2D eigenvalue weighted by atomic mass is 16.7. The third-order valence-corrected chi connectivity index (χ3v) is 5.26. The minimum absolute atomic E-state index is 0.176. The molecule has 4 rings (SSSR count). The van der Waals surface area contributed by atoms with Gasteiger partial charge in [0.05, 0.1) is 13.2 Å². The summed E-state index contributed by atoms with van der Waals surface area (Å²) in [7, 11) is 1.69. The zero-order valence-corrected chi connectivity index (χ0v) is 15.8. The number of piperidine rings is 1. The van der Waals surface area contributed by atoms with E-state index in [0.29, 0.717) is 39.1 Å². The molecule has 7 heteroatoms. The van der Waals surface area contributed by atoms with Gasteiger partial charge < -0.3 is 19.3 Å². The van der Waals surface area contributed by atoms with Crippen LogP contribution in [0.2, 0.25) is 0 Å². The molecule has 0 radical (unpaired) electrons. The molecule has 2 aromatic rings. The highest BCUT2D eigenvalue weighted by molar-refractivity contribution is 6.05. The number of carbonyl (C=O) groups is 2. The molecule has 0 N–H and O–H groups in total. The molecule has 2 amide bonds. The molecule has 0 aliphatic carbocycles. The third-order valence-electron chi connectivity index (χ3n) is 5.26. The summed E-state index contributed by atoms with van der Waals surface area (Å²) in [5, 5.41) is 0. The van der Waals surface area contributed by atoms with Gasteiger partial charge in [0, 0.05) is 38.7 Å². The maximum atomic E-state index is 12.9. The van der Waals surface area contributed by atoms with E-state index >= 15 is 0 Å². The van der Waals surface area contributed by atoms with E-state index in [9.17, 15) is 9.59 Å². The van der Waals surface area contributed by atoms with Gasteiger partial charge in [0.2, 0.25) is 0 Å². The van der Waals surface area contributed by atoms with E-state index in [1.54, 1.807) is 30.1 Å². The van der Waals surface area contributed by atoms with Gasteiger partial charge in [0.1, 0.15) is 11.4 Å². The Balaban J connectivity index is 1.46. The number of hydrogen-bond donors (Lipinski definition) is 0. The van der Waals surface area contributed by atoms with Gasteiger partial charge in [0.15, 0.2) is 5.79 Å². The number of anilines is 1. The number of likely N-dealkylation sites (tertiary alicyclic amines) is 1. The van der Waals surface area contributed by atoms with Crippen LogP contribution in [0.25, 0.3) is 0 Å². The monoisotopic (exact) mass is 381 g/mol. The maximum absolute atomic E-state index is 12.9. The molecular weight excluding hydrogens is 358 g/mol. The van der Waals surface area contributed by atoms with E-state index in [1.807, 2.05) is 30.3 Å². The van der Waals surface area contributed by atoms with Crippen LogP contribution in [-0.4, -0.2) is 60.8 Å². The van der Waals surface area contributed by atoms with Crippen molar-refractivity contribution in [1.82, 2.24) is 9.88 Å². The smallest absolute Gasteiger partial charge is 0.276 e. The summed E-state index contributed by atoms with van der Waals surface area (Å²) in [5.74, 6) is -0.962. The highest BCUT2D eigenvalue weighted by Gasteiger charge is 2.41. The number of hydrogen-bond acceptors (Lipinski definition) is 5. The molecule has 0 saturated carbocycles. The molecule has 2 fully saturated rings. The molecule has 146 valence electrons. The van der Waals surface area contributed by atoms with Gasteiger partial charge in [0.25, 0.3) is 11.8 Å².